The van der Waals surface area contributed by atoms with Crippen molar-refractivity contribution in [3.05, 3.63) is 29.3 Å². The van der Waals surface area contributed by atoms with E-state index in [1.165, 1.54) is 0 Å². The molecule has 0 radical (unpaired) electrons. The Morgan fingerprint density at radius 2 is 1.89 bits per heavy atom. The molecule has 6 heteroatoms. The molecule has 18 heavy (non-hydrogen) atoms. The summed E-state index contributed by atoms with van der Waals surface area (Å²) in [6.07, 6.45) is -0.326. The van der Waals surface area contributed by atoms with Gasteiger partial charge in [0.1, 0.15) is 0 Å². The van der Waals surface area contributed by atoms with Crippen LogP contribution in [-0.2, 0) is 16.1 Å². The predicted molar refractivity (Wildman–Crippen MR) is 59.0 cm³/mol. The van der Waals surface area contributed by atoms with Gasteiger partial charge in [-0.2, -0.15) is 0 Å². The summed E-state index contributed by atoms with van der Waals surface area (Å²) in [6, 6.07) is 1.87. The van der Waals surface area contributed by atoms with Crippen LogP contribution in [0.5, 0.6) is 5.75 Å². The Balaban J connectivity index is 2.70. The van der Waals surface area contributed by atoms with Crippen molar-refractivity contribution in [3.63, 3.8) is 0 Å². The maximum absolute atomic E-state index is 13.4. The molecule has 1 aromatic carbocycles. The summed E-state index contributed by atoms with van der Waals surface area (Å²) < 4.78 is 36.2. The minimum atomic E-state index is -0.976. The lowest BCUT2D eigenvalue weighted by Gasteiger charge is -2.11. The lowest BCUT2D eigenvalue weighted by Crippen LogP contribution is -2.19. The van der Waals surface area contributed by atoms with Gasteiger partial charge >= 0.3 is 5.97 Å². The Kier molecular flexibility index (Phi) is 5.03. The van der Waals surface area contributed by atoms with E-state index in [1.807, 2.05) is 0 Å². The predicted octanol–water partition coefficient (Wildman–Crippen LogP) is 1.79. The van der Waals surface area contributed by atoms with E-state index >= 15 is 0 Å². The van der Waals surface area contributed by atoms with E-state index in [4.69, 9.17) is 14.6 Å². The van der Waals surface area contributed by atoms with E-state index in [1.54, 1.807) is 13.8 Å². The zero-order chi connectivity index (χ0) is 13.7. The zero-order valence-corrected chi connectivity index (χ0v) is 10.1. The maximum Gasteiger partial charge on any atom is 0.344 e. The number of aliphatic hydroxyl groups is 1. The fourth-order valence-corrected chi connectivity index (χ4v) is 1.27. The normalized spacial score (nSPS) is 10.6. The van der Waals surface area contributed by atoms with Crippen LogP contribution >= 0.6 is 0 Å². The first kappa shape index (κ1) is 14.4. The van der Waals surface area contributed by atoms with Crippen LogP contribution in [0.15, 0.2) is 12.1 Å². The smallest absolute Gasteiger partial charge is 0.344 e. The van der Waals surface area contributed by atoms with E-state index in [0.29, 0.717) is 0 Å². The molecule has 0 aromatic heterocycles. The fraction of sp³-hybridized carbons (Fsp3) is 0.417. The monoisotopic (exact) mass is 260 g/mol. The third-order valence-corrected chi connectivity index (χ3v) is 1.94. The summed E-state index contributed by atoms with van der Waals surface area (Å²) in [5, 5.41) is 8.75. The van der Waals surface area contributed by atoms with E-state index < -0.39 is 36.6 Å². The Hall–Kier alpha value is -1.69. The van der Waals surface area contributed by atoms with E-state index in [0.717, 1.165) is 12.1 Å². The van der Waals surface area contributed by atoms with Crippen LogP contribution < -0.4 is 4.74 Å². The van der Waals surface area contributed by atoms with Crippen LogP contribution in [0.4, 0.5) is 8.78 Å². The SMILES string of the molecule is CC(C)OC(=O)COc1c(F)cc(CO)cc1F. The summed E-state index contributed by atoms with van der Waals surface area (Å²) in [5.41, 5.74) is 0.0853. The number of hydrogen-bond acceptors (Lipinski definition) is 4. The summed E-state index contributed by atoms with van der Waals surface area (Å²) in [6.45, 7) is 2.23. The van der Waals surface area contributed by atoms with Crippen molar-refractivity contribution in [2.75, 3.05) is 6.61 Å². The first-order valence-corrected chi connectivity index (χ1v) is 5.35. The molecule has 0 heterocycles. The van der Waals surface area contributed by atoms with Crippen molar-refractivity contribution in [2.45, 2.75) is 26.6 Å². The van der Waals surface area contributed by atoms with Crippen molar-refractivity contribution in [3.8, 4) is 5.75 Å². The van der Waals surface area contributed by atoms with Gasteiger partial charge in [-0.05, 0) is 31.5 Å². The van der Waals surface area contributed by atoms with Gasteiger partial charge < -0.3 is 14.6 Å². The molecule has 0 aliphatic carbocycles. The number of benzene rings is 1. The number of carbonyl (C=O) groups excluding carboxylic acids is 1. The quantitative estimate of drug-likeness (QED) is 0.820. The number of esters is 1. The molecule has 0 saturated heterocycles. The standard InChI is InChI=1S/C12H14F2O4/c1-7(2)18-11(16)6-17-12-9(13)3-8(5-15)4-10(12)14/h3-4,7,15H,5-6H2,1-2H3. The molecule has 0 bridgehead atoms. The van der Waals surface area contributed by atoms with Crippen LogP contribution in [0.1, 0.15) is 19.4 Å². The van der Waals surface area contributed by atoms with Crippen LogP contribution in [0.3, 0.4) is 0 Å². The largest absolute Gasteiger partial charge is 0.476 e. The summed E-state index contributed by atoms with van der Waals surface area (Å²) >= 11 is 0. The van der Waals surface area contributed by atoms with E-state index in [-0.39, 0.29) is 11.7 Å². The van der Waals surface area contributed by atoms with Crippen LogP contribution in [0.25, 0.3) is 0 Å². The van der Waals surface area contributed by atoms with Crippen molar-refractivity contribution in [1.82, 2.24) is 0 Å². The topological polar surface area (TPSA) is 55.8 Å². The number of rotatable bonds is 5. The number of halogens is 2. The molecule has 0 fully saturated rings. The molecule has 100 valence electrons. The highest BCUT2D eigenvalue weighted by Gasteiger charge is 2.15. The molecule has 0 spiro atoms. The fourth-order valence-electron chi connectivity index (χ4n) is 1.27. The van der Waals surface area contributed by atoms with Crippen LogP contribution in [0.2, 0.25) is 0 Å². The Morgan fingerprint density at radius 1 is 1.33 bits per heavy atom. The lowest BCUT2D eigenvalue weighted by molar-refractivity contribution is -0.149. The Labute approximate surface area is 103 Å². The van der Waals surface area contributed by atoms with Gasteiger partial charge in [0.2, 0.25) is 0 Å². The minimum Gasteiger partial charge on any atom is -0.476 e. The highest BCUT2D eigenvalue weighted by Crippen LogP contribution is 2.23. The number of ether oxygens (including phenoxy) is 2. The van der Waals surface area contributed by atoms with E-state index in [2.05, 4.69) is 0 Å². The minimum absolute atomic E-state index is 0.0853. The molecule has 1 N–H and O–H groups in total. The molecule has 1 aromatic rings. The summed E-state index contributed by atoms with van der Waals surface area (Å²) in [7, 11) is 0. The van der Waals surface area contributed by atoms with Crippen molar-refractivity contribution in [2.24, 2.45) is 0 Å². The molecule has 0 unspecified atom stereocenters. The Bertz CT molecular complexity index is 409. The summed E-state index contributed by atoms with van der Waals surface area (Å²) in [5.74, 6) is -3.32. The van der Waals surface area contributed by atoms with Gasteiger partial charge in [0.25, 0.3) is 0 Å². The molecule has 0 aliphatic rings. The summed E-state index contributed by atoms with van der Waals surface area (Å²) in [4.78, 5) is 11.1. The molecule has 1 rings (SSSR count). The van der Waals surface area contributed by atoms with Crippen LogP contribution in [-0.4, -0.2) is 23.8 Å². The first-order valence-electron chi connectivity index (χ1n) is 5.35. The molecule has 4 nitrogen and oxygen atoms in total. The molecule has 0 aliphatic heterocycles. The second kappa shape index (κ2) is 6.30. The van der Waals surface area contributed by atoms with Crippen molar-refractivity contribution < 1.29 is 28.2 Å². The third kappa shape index (κ3) is 3.96. The van der Waals surface area contributed by atoms with E-state index in [9.17, 15) is 13.6 Å². The maximum atomic E-state index is 13.4. The highest BCUT2D eigenvalue weighted by molar-refractivity contribution is 5.71. The first-order chi connectivity index (χ1) is 8.43. The number of hydrogen-bond donors (Lipinski definition) is 1. The zero-order valence-electron chi connectivity index (χ0n) is 10.1. The number of aliphatic hydroxyl groups excluding tert-OH is 1. The molecule has 0 saturated carbocycles. The lowest BCUT2D eigenvalue weighted by atomic mass is 10.2. The van der Waals surface area contributed by atoms with Crippen molar-refractivity contribution >= 4 is 5.97 Å². The van der Waals surface area contributed by atoms with Gasteiger partial charge in [0, 0.05) is 0 Å². The van der Waals surface area contributed by atoms with Gasteiger partial charge in [0.15, 0.2) is 24.0 Å². The highest BCUT2D eigenvalue weighted by atomic mass is 19.1. The van der Waals surface area contributed by atoms with Crippen molar-refractivity contribution in [1.29, 1.82) is 0 Å². The molecular weight excluding hydrogens is 246 g/mol. The van der Waals surface area contributed by atoms with Gasteiger partial charge in [-0.15, -0.1) is 0 Å². The Morgan fingerprint density at radius 3 is 2.33 bits per heavy atom. The molecule has 0 amide bonds. The van der Waals surface area contributed by atoms with Crippen LogP contribution in [0, 0.1) is 11.6 Å². The van der Waals surface area contributed by atoms with Gasteiger partial charge in [0.05, 0.1) is 12.7 Å². The second-order valence-electron chi connectivity index (χ2n) is 3.87. The number of carbonyl (C=O) groups is 1. The van der Waals surface area contributed by atoms with Gasteiger partial charge in [-0.3, -0.25) is 0 Å². The van der Waals surface area contributed by atoms with Gasteiger partial charge in [-0.1, -0.05) is 0 Å². The molecular formula is C12H14F2O4. The van der Waals surface area contributed by atoms with Gasteiger partial charge in [-0.25, -0.2) is 13.6 Å². The average Bonchev–Trinajstić information content (AvgIpc) is 2.26. The third-order valence-electron chi connectivity index (χ3n) is 1.94. The molecule has 0 atom stereocenters. The average molecular weight is 260 g/mol. The second-order valence-corrected chi connectivity index (χ2v) is 3.87.